The molecule has 3 rings (SSSR count). The first-order valence-corrected chi connectivity index (χ1v) is 6.40. The summed E-state index contributed by atoms with van der Waals surface area (Å²) in [5.41, 5.74) is 9.92. The van der Waals surface area contributed by atoms with Crippen LogP contribution >= 0.6 is 0 Å². The summed E-state index contributed by atoms with van der Waals surface area (Å²) in [6.07, 6.45) is 0. The molecule has 5 nitrogen and oxygen atoms in total. The number of halogens is 2. The van der Waals surface area contributed by atoms with Crippen molar-refractivity contribution in [3.05, 3.63) is 65.7 Å². The summed E-state index contributed by atoms with van der Waals surface area (Å²) < 4.78 is 26.7. The van der Waals surface area contributed by atoms with Crippen molar-refractivity contribution in [2.75, 3.05) is 5.43 Å². The number of para-hydroxylation sites is 1. The minimum atomic E-state index is -0.710. The van der Waals surface area contributed by atoms with Crippen molar-refractivity contribution < 1.29 is 8.78 Å². The van der Waals surface area contributed by atoms with Crippen molar-refractivity contribution in [2.24, 2.45) is 21.0 Å². The second-order valence-corrected chi connectivity index (χ2v) is 4.53. The van der Waals surface area contributed by atoms with Crippen LogP contribution in [0.15, 0.2) is 63.8 Å². The van der Waals surface area contributed by atoms with Gasteiger partial charge in [0.05, 0.1) is 5.69 Å². The predicted molar refractivity (Wildman–Crippen MR) is 82.0 cm³/mol. The maximum atomic E-state index is 13.3. The van der Waals surface area contributed by atoms with E-state index in [2.05, 4.69) is 20.7 Å². The zero-order valence-corrected chi connectivity index (χ0v) is 11.3. The van der Waals surface area contributed by atoms with Gasteiger partial charge in [0.15, 0.2) is 11.5 Å². The summed E-state index contributed by atoms with van der Waals surface area (Å²) in [7, 11) is 0. The molecule has 0 atom stereocenters. The standard InChI is InChI=1S/C15H11F2N5/c16-10-6-9(7-11(17)8-10)13-14(15(18)22-20-13)21-19-12-4-2-1-3-5-12/h1-8,19H,(H2,18,21,22). The third-order valence-corrected chi connectivity index (χ3v) is 2.93. The molecule has 22 heavy (non-hydrogen) atoms. The molecule has 7 heteroatoms. The number of nitrogens with two attached hydrogens (primary N) is 1. The number of hydrogen-bond donors (Lipinski definition) is 2. The highest BCUT2D eigenvalue weighted by atomic mass is 19.1. The Bertz CT molecular complexity index is 777. The molecule has 0 unspecified atom stereocenters. The van der Waals surface area contributed by atoms with E-state index in [1.54, 1.807) is 0 Å². The number of hydrogen-bond acceptors (Lipinski definition) is 5. The highest BCUT2D eigenvalue weighted by Crippen LogP contribution is 2.14. The lowest BCUT2D eigenvalue weighted by atomic mass is 10.1. The smallest absolute Gasteiger partial charge is 0.176 e. The van der Waals surface area contributed by atoms with Gasteiger partial charge in [-0.05, 0) is 24.3 Å². The van der Waals surface area contributed by atoms with Crippen molar-refractivity contribution in [1.82, 2.24) is 0 Å². The number of nitrogens with zero attached hydrogens (tertiary/aromatic N) is 3. The molecule has 0 radical (unpaired) electrons. The number of hydrazone groups is 1. The van der Waals surface area contributed by atoms with E-state index >= 15 is 0 Å². The molecule has 0 saturated heterocycles. The van der Waals surface area contributed by atoms with E-state index in [-0.39, 0.29) is 22.8 Å². The molecule has 0 bridgehead atoms. The number of benzene rings is 2. The molecule has 0 aliphatic carbocycles. The first-order valence-electron chi connectivity index (χ1n) is 6.40. The molecule has 0 aromatic heterocycles. The molecule has 0 fully saturated rings. The SMILES string of the molecule is NC1=NN=C(c2cc(F)cc(F)c2)/C1=N\Nc1ccccc1. The molecule has 3 N–H and O–H groups in total. The molecule has 110 valence electrons. The Morgan fingerprint density at radius 3 is 2.32 bits per heavy atom. The molecule has 1 heterocycles. The largest absolute Gasteiger partial charge is 0.380 e. The van der Waals surface area contributed by atoms with Crippen LogP contribution in [-0.4, -0.2) is 17.3 Å². The highest BCUT2D eigenvalue weighted by Gasteiger charge is 2.22. The van der Waals surface area contributed by atoms with Gasteiger partial charge in [-0.15, -0.1) is 10.2 Å². The van der Waals surface area contributed by atoms with Crippen LogP contribution in [0.4, 0.5) is 14.5 Å². The number of anilines is 1. The van der Waals surface area contributed by atoms with Gasteiger partial charge in [0, 0.05) is 11.6 Å². The van der Waals surface area contributed by atoms with Crippen LogP contribution in [0.2, 0.25) is 0 Å². The summed E-state index contributed by atoms with van der Waals surface area (Å²) in [5.74, 6) is -1.35. The third kappa shape index (κ3) is 2.83. The normalized spacial score (nSPS) is 15.6. The molecule has 2 aromatic carbocycles. The van der Waals surface area contributed by atoms with Crippen molar-refractivity contribution in [1.29, 1.82) is 0 Å². The van der Waals surface area contributed by atoms with Gasteiger partial charge in [0.1, 0.15) is 17.3 Å². The second kappa shape index (κ2) is 5.72. The Morgan fingerprint density at radius 1 is 0.955 bits per heavy atom. The first kappa shape index (κ1) is 13.9. The van der Waals surface area contributed by atoms with Gasteiger partial charge in [-0.25, -0.2) is 8.78 Å². The lowest BCUT2D eigenvalue weighted by Gasteiger charge is -2.05. The fourth-order valence-electron chi connectivity index (χ4n) is 1.95. The number of amidine groups is 1. The van der Waals surface area contributed by atoms with Gasteiger partial charge in [-0.2, -0.15) is 5.10 Å². The van der Waals surface area contributed by atoms with Crippen LogP contribution < -0.4 is 11.2 Å². The Hall–Kier alpha value is -3.09. The lowest BCUT2D eigenvalue weighted by Crippen LogP contribution is -2.28. The van der Waals surface area contributed by atoms with Crippen molar-refractivity contribution in [3.63, 3.8) is 0 Å². The van der Waals surface area contributed by atoms with Crippen molar-refractivity contribution >= 4 is 22.9 Å². The third-order valence-electron chi connectivity index (χ3n) is 2.93. The summed E-state index contributed by atoms with van der Waals surface area (Å²) in [4.78, 5) is 0. The van der Waals surface area contributed by atoms with E-state index in [0.717, 1.165) is 23.9 Å². The average molecular weight is 299 g/mol. The van der Waals surface area contributed by atoms with Crippen LogP contribution in [0.25, 0.3) is 0 Å². The Kier molecular flexibility index (Phi) is 3.61. The minimum absolute atomic E-state index is 0.0723. The van der Waals surface area contributed by atoms with E-state index in [1.807, 2.05) is 30.3 Å². The van der Waals surface area contributed by atoms with Gasteiger partial charge in [-0.3, -0.25) is 5.43 Å². The van der Waals surface area contributed by atoms with Gasteiger partial charge < -0.3 is 5.73 Å². The predicted octanol–water partition coefficient (Wildman–Crippen LogP) is 2.51. The van der Waals surface area contributed by atoms with Crippen molar-refractivity contribution in [3.8, 4) is 0 Å². The zero-order valence-electron chi connectivity index (χ0n) is 11.3. The number of nitrogens with one attached hydrogen (secondary N) is 1. The van der Waals surface area contributed by atoms with Gasteiger partial charge >= 0.3 is 0 Å². The molecular weight excluding hydrogens is 288 g/mol. The second-order valence-electron chi connectivity index (χ2n) is 4.53. The highest BCUT2D eigenvalue weighted by molar-refractivity contribution is 6.72. The number of rotatable bonds is 3. The van der Waals surface area contributed by atoms with Gasteiger partial charge in [0.2, 0.25) is 0 Å². The molecule has 0 saturated carbocycles. The van der Waals surface area contributed by atoms with E-state index in [4.69, 9.17) is 5.73 Å². The fourth-order valence-corrected chi connectivity index (χ4v) is 1.95. The first-order chi connectivity index (χ1) is 10.6. The molecule has 1 aliphatic rings. The molecule has 1 aliphatic heterocycles. The van der Waals surface area contributed by atoms with Crippen molar-refractivity contribution in [2.45, 2.75) is 0 Å². The van der Waals surface area contributed by atoms with Crippen LogP contribution in [-0.2, 0) is 0 Å². The minimum Gasteiger partial charge on any atom is -0.380 e. The molecular formula is C15H11F2N5. The monoisotopic (exact) mass is 299 g/mol. The summed E-state index contributed by atoms with van der Waals surface area (Å²) in [6.45, 7) is 0. The van der Waals surface area contributed by atoms with E-state index < -0.39 is 11.6 Å². The quantitative estimate of drug-likeness (QED) is 0.854. The van der Waals surface area contributed by atoms with Gasteiger partial charge in [0.25, 0.3) is 0 Å². The molecule has 0 amide bonds. The van der Waals surface area contributed by atoms with Crippen LogP contribution in [0.3, 0.4) is 0 Å². The fraction of sp³-hybridized carbons (Fsp3) is 0. The lowest BCUT2D eigenvalue weighted by molar-refractivity contribution is 0.583. The summed E-state index contributed by atoms with van der Waals surface area (Å²) in [6, 6.07) is 12.2. The van der Waals surface area contributed by atoms with Crippen LogP contribution in [0.1, 0.15) is 5.56 Å². The maximum absolute atomic E-state index is 13.3. The summed E-state index contributed by atoms with van der Waals surface area (Å²) in [5, 5.41) is 11.7. The zero-order chi connectivity index (χ0) is 15.5. The van der Waals surface area contributed by atoms with Crippen LogP contribution in [0.5, 0.6) is 0 Å². The van der Waals surface area contributed by atoms with E-state index in [0.29, 0.717) is 0 Å². The Balaban J connectivity index is 1.92. The van der Waals surface area contributed by atoms with E-state index in [1.165, 1.54) is 0 Å². The Morgan fingerprint density at radius 2 is 1.64 bits per heavy atom. The maximum Gasteiger partial charge on any atom is 0.176 e. The van der Waals surface area contributed by atoms with E-state index in [9.17, 15) is 8.78 Å². The molecule has 0 spiro atoms. The topological polar surface area (TPSA) is 75.1 Å². The van der Waals surface area contributed by atoms with Crippen LogP contribution in [0, 0.1) is 11.6 Å². The Labute approximate surface area is 124 Å². The average Bonchev–Trinajstić information content (AvgIpc) is 2.86. The van der Waals surface area contributed by atoms with Gasteiger partial charge in [-0.1, -0.05) is 18.2 Å². The molecule has 2 aromatic rings. The summed E-state index contributed by atoms with van der Waals surface area (Å²) >= 11 is 0.